The van der Waals surface area contributed by atoms with Crippen molar-refractivity contribution < 1.29 is 14.7 Å². The number of rotatable bonds is 4. The Morgan fingerprint density at radius 3 is 2.56 bits per heavy atom. The van der Waals surface area contributed by atoms with Gasteiger partial charge in [-0.2, -0.15) is 0 Å². The van der Waals surface area contributed by atoms with Gasteiger partial charge >= 0.3 is 6.03 Å². The number of carbonyl (C=O) groups excluding carboxylic acids is 2. The number of hydrogen-bond acceptors (Lipinski definition) is 4. The highest BCUT2D eigenvalue weighted by Gasteiger charge is 2.54. The van der Waals surface area contributed by atoms with Crippen LogP contribution >= 0.6 is 0 Å². The smallest absolute Gasteiger partial charge is 0.318 e. The van der Waals surface area contributed by atoms with Gasteiger partial charge in [0, 0.05) is 30.9 Å². The molecule has 7 nitrogen and oxygen atoms in total. The second kappa shape index (κ2) is 8.90. The van der Waals surface area contributed by atoms with Crippen molar-refractivity contribution in [1.82, 2.24) is 20.1 Å². The Morgan fingerprint density at radius 2 is 1.88 bits per heavy atom. The van der Waals surface area contributed by atoms with Crippen molar-refractivity contribution in [3.63, 3.8) is 0 Å². The number of aliphatic hydroxyl groups excluding tert-OH is 1. The topological polar surface area (TPSA) is 85.8 Å². The van der Waals surface area contributed by atoms with E-state index in [0.29, 0.717) is 6.54 Å². The number of hydrogen-bond donors (Lipinski definition) is 2. The van der Waals surface area contributed by atoms with Gasteiger partial charge in [0.15, 0.2) is 0 Å². The molecular weight excluding hydrogens is 404 g/mol. The quantitative estimate of drug-likeness (QED) is 0.775. The number of benzene rings is 1. The third kappa shape index (κ3) is 3.86. The van der Waals surface area contributed by atoms with E-state index in [-0.39, 0.29) is 49.1 Å². The number of piperazine rings is 1. The third-order valence-corrected chi connectivity index (χ3v) is 7.26. The standard InChI is InChI=1S/C25H30N4O3/c30-16-22-24(18-10-8-17(9-11-18)19-5-4-12-26-13-19)21-14-28(15-23(31)29(21)22)25(32)27-20-6-2-1-3-7-20/h4-5,8-13,20-22,24,30H,1-3,6-7,14-16H2,(H,27,32)/t21-,22+,24-/m1/s1. The zero-order valence-electron chi connectivity index (χ0n) is 18.2. The largest absolute Gasteiger partial charge is 0.394 e. The molecule has 0 unspecified atom stereocenters. The van der Waals surface area contributed by atoms with Gasteiger partial charge in [0.2, 0.25) is 5.91 Å². The van der Waals surface area contributed by atoms with Crippen LogP contribution in [0.3, 0.4) is 0 Å². The van der Waals surface area contributed by atoms with E-state index in [9.17, 15) is 14.7 Å². The zero-order valence-corrected chi connectivity index (χ0v) is 18.2. The minimum Gasteiger partial charge on any atom is -0.394 e. The van der Waals surface area contributed by atoms with E-state index in [4.69, 9.17) is 0 Å². The molecule has 32 heavy (non-hydrogen) atoms. The second-order valence-electron chi connectivity index (χ2n) is 9.17. The Labute approximate surface area is 188 Å². The van der Waals surface area contributed by atoms with Gasteiger partial charge in [-0.3, -0.25) is 9.78 Å². The van der Waals surface area contributed by atoms with Gasteiger partial charge in [0.05, 0.1) is 18.7 Å². The number of carbonyl (C=O) groups is 2. The van der Waals surface area contributed by atoms with Crippen LogP contribution in [0.15, 0.2) is 48.8 Å². The number of fused-ring (bicyclic) bond motifs is 1. The van der Waals surface area contributed by atoms with E-state index in [1.165, 1.54) is 6.42 Å². The number of nitrogens with zero attached hydrogens (tertiary/aromatic N) is 3. The maximum Gasteiger partial charge on any atom is 0.318 e. The molecular formula is C25H30N4O3. The van der Waals surface area contributed by atoms with Crippen molar-refractivity contribution in [3.8, 4) is 11.1 Å². The Hall–Kier alpha value is -2.93. The highest BCUT2D eigenvalue weighted by molar-refractivity contribution is 5.87. The predicted octanol–water partition coefficient (Wildman–Crippen LogP) is 2.76. The molecule has 0 radical (unpaired) electrons. The third-order valence-electron chi connectivity index (χ3n) is 7.26. The lowest BCUT2D eigenvalue weighted by molar-refractivity contribution is -0.159. The Kier molecular flexibility index (Phi) is 5.83. The lowest BCUT2D eigenvalue weighted by Gasteiger charge is -2.58. The maximum absolute atomic E-state index is 12.9. The summed E-state index contributed by atoms with van der Waals surface area (Å²) >= 11 is 0. The average Bonchev–Trinajstić information content (AvgIpc) is 2.82. The van der Waals surface area contributed by atoms with Crippen molar-refractivity contribution in [1.29, 1.82) is 0 Å². The SMILES string of the molecule is O=C(NC1CCCCC1)N1CC(=O)N2[C@H](C1)[C@@H](c1ccc(-c3cccnc3)cc1)[C@@H]2CO. The van der Waals surface area contributed by atoms with Crippen molar-refractivity contribution in [2.24, 2.45) is 0 Å². The summed E-state index contributed by atoms with van der Waals surface area (Å²) in [6, 6.07) is 11.9. The first-order chi connectivity index (χ1) is 15.7. The van der Waals surface area contributed by atoms with Crippen LogP contribution in [0.1, 0.15) is 43.6 Å². The predicted molar refractivity (Wildman–Crippen MR) is 121 cm³/mol. The monoisotopic (exact) mass is 434 g/mol. The fraction of sp³-hybridized carbons (Fsp3) is 0.480. The Balaban J connectivity index is 1.31. The lowest BCUT2D eigenvalue weighted by atomic mass is 9.73. The number of aliphatic hydroxyl groups is 1. The Bertz CT molecular complexity index is 959. The fourth-order valence-electron chi connectivity index (χ4n) is 5.60. The molecule has 3 amide bonds. The van der Waals surface area contributed by atoms with E-state index < -0.39 is 0 Å². The van der Waals surface area contributed by atoms with Gasteiger partial charge in [0.25, 0.3) is 0 Å². The molecule has 1 aromatic heterocycles. The van der Waals surface area contributed by atoms with Crippen LogP contribution in [-0.2, 0) is 4.79 Å². The van der Waals surface area contributed by atoms with Crippen LogP contribution in [0.25, 0.3) is 11.1 Å². The fourth-order valence-corrected chi connectivity index (χ4v) is 5.60. The van der Waals surface area contributed by atoms with Gasteiger partial charge in [-0.05, 0) is 35.6 Å². The first kappa shape index (κ1) is 20.9. The lowest BCUT2D eigenvalue weighted by Crippen LogP contribution is -2.74. The molecule has 0 spiro atoms. The molecule has 5 rings (SSSR count). The summed E-state index contributed by atoms with van der Waals surface area (Å²) in [4.78, 5) is 33.3. The molecule has 3 heterocycles. The van der Waals surface area contributed by atoms with E-state index >= 15 is 0 Å². The van der Waals surface area contributed by atoms with Crippen molar-refractivity contribution in [3.05, 3.63) is 54.4 Å². The number of nitrogens with one attached hydrogen (secondary N) is 1. The van der Waals surface area contributed by atoms with Crippen LogP contribution < -0.4 is 5.32 Å². The Morgan fingerprint density at radius 1 is 1.09 bits per heavy atom. The molecule has 3 atom stereocenters. The van der Waals surface area contributed by atoms with Crippen molar-refractivity contribution in [2.45, 2.75) is 56.1 Å². The van der Waals surface area contributed by atoms with Crippen molar-refractivity contribution >= 4 is 11.9 Å². The molecule has 1 saturated carbocycles. The summed E-state index contributed by atoms with van der Waals surface area (Å²) in [5.41, 5.74) is 3.21. The average molecular weight is 435 g/mol. The summed E-state index contributed by atoms with van der Waals surface area (Å²) in [7, 11) is 0. The number of pyridine rings is 1. The van der Waals surface area contributed by atoms with Gasteiger partial charge in [-0.25, -0.2) is 4.79 Å². The molecule has 168 valence electrons. The maximum atomic E-state index is 12.9. The zero-order chi connectivity index (χ0) is 22.1. The number of amides is 3. The first-order valence-corrected chi connectivity index (χ1v) is 11.6. The second-order valence-corrected chi connectivity index (χ2v) is 9.17. The highest BCUT2D eigenvalue weighted by Crippen LogP contribution is 2.43. The van der Waals surface area contributed by atoms with Crippen molar-refractivity contribution in [2.75, 3.05) is 19.7 Å². The minimum absolute atomic E-state index is 0.0113. The molecule has 3 aliphatic rings. The van der Waals surface area contributed by atoms with E-state index in [1.807, 2.05) is 18.3 Å². The molecule has 2 N–H and O–H groups in total. The van der Waals surface area contributed by atoms with E-state index in [0.717, 1.165) is 42.4 Å². The summed E-state index contributed by atoms with van der Waals surface area (Å²) in [5, 5.41) is 13.1. The van der Waals surface area contributed by atoms with Crippen LogP contribution in [0.2, 0.25) is 0 Å². The van der Waals surface area contributed by atoms with Crippen LogP contribution in [-0.4, -0.2) is 69.7 Å². The molecule has 2 aromatic rings. The minimum atomic E-state index is -0.236. The molecule has 2 saturated heterocycles. The molecule has 3 fully saturated rings. The van der Waals surface area contributed by atoms with Gasteiger partial charge in [-0.1, -0.05) is 49.6 Å². The summed E-state index contributed by atoms with van der Waals surface area (Å²) in [5.74, 6) is -0.0699. The highest BCUT2D eigenvalue weighted by atomic mass is 16.3. The van der Waals surface area contributed by atoms with E-state index in [2.05, 4.69) is 34.6 Å². The molecule has 1 aliphatic carbocycles. The van der Waals surface area contributed by atoms with Gasteiger partial charge < -0.3 is 20.2 Å². The normalized spacial score (nSPS) is 25.8. The molecule has 7 heteroatoms. The molecule has 1 aromatic carbocycles. The number of urea groups is 1. The summed E-state index contributed by atoms with van der Waals surface area (Å²) < 4.78 is 0. The molecule has 0 bridgehead atoms. The molecule has 2 aliphatic heterocycles. The van der Waals surface area contributed by atoms with Crippen LogP contribution in [0.5, 0.6) is 0 Å². The summed E-state index contributed by atoms with van der Waals surface area (Å²) in [6.07, 6.45) is 9.14. The summed E-state index contributed by atoms with van der Waals surface area (Å²) in [6.45, 7) is 0.500. The van der Waals surface area contributed by atoms with E-state index in [1.54, 1.807) is 16.0 Å². The first-order valence-electron chi connectivity index (χ1n) is 11.6. The van der Waals surface area contributed by atoms with Gasteiger partial charge in [0.1, 0.15) is 6.54 Å². The number of aromatic nitrogens is 1. The van der Waals surface area contributed by atoms with Crippen LogP contribution in [0, 0.1) is 0 Å². The van der Waals surface area contributed by atoms with Crippen LogP contribution in [0.4, 0.5) is 4.79 Å². The van der Waals surface area contributed by atoms with Gasteiger partial charge in [-0.15, -0.1) is 0 Å².